The van der Waals surface area contributed by atoms with E-state index in [0.29, 0.717) is 17.9 Å². The predicted octanol–water partition coefficient (Wildman–Crippen LogP) is 3.31. The van der Waals surface area contributed by atoms with Crippen molar-refractivity contribution in [1.29, 1.82) is 0 Å². The van der Waals surface area contributed by atoms with Crippen molar-refractivity contribution in [2.45, 2.75) is 25.3 Å². The summed E-state index contributed by atoms with van der Waals surface area (Å²) >= 11 is 3.47. The molecule has 114 valence electrons. The molecule has 0 spiro atoms. The van der Waals surface area contributed by atoms with E-state index in [0.717, 1.165) is 15.9 Å². The van der Waals surface area contributed by atoms with E-state index in [9.17, 15) is 8.42 Å². The minimum Gasteiger partial charge on any atom is -0.487 e. The molecule has 21 heavy (non-hydrogen) atoms. The molecule has 0 bridgehead atoms. The first-order valence-corrected chi connectivity index (χ1v) is 9.16. The standard InChI is InChI=1S/C13H14BrClN2O3S/c1-8-6-10(21(15,18)19)4-5-12(8)20-7-11-13(14)9(2)16-17(11)3/h4-6H,7H2,1-3H3. The van der Waals surface area contributed by atoms with Crippen LogP contribution < -0.4 is 4.74 Å². The average Bonchev–Trinajstić information content (AvgIpc) is 2.61. The number of rotatable bonds is 4. The third-order valence-corrected chi connectivity index (χ3v) is 5.44. The highest BCUT2D eigenvalue weighted by atomic mass is 79.9. The monoisotopic (exact) mass is 392 g/mol. The Balaban J connectivity index is 2.21. The summed E-state index contributed by atoms with van der Waals surface area (Å²) in [6.07, 6.45) is 0. The molecule has 0 unspecified atom stereocenters. The van der Waals surface area contributed by atoms with Crippen molar-refractivity contribution in [2.75, 3.05) is 0 Å². The maximum Gasteiger partial charge on any atom is 0.261 e. The molecule has 0 N–H and O–H groups in total. The molecule has 2 aromatic rings. The molecule has 0 saturated carbocycles. The van der Waals surface area contributed by atoms with Crippen molar-refractivity contribution >= 4 is 35.7 Å². The zero-order valence-electron chi connectivity index (χ0n) is 11.7. The van der Waals surface area contributed by atoms with Crippen LogP contribution in [0.1, 0.15) is 17.0 Å². The van der Waals surface area contributed by atoms with Gasteiger partial charge in [0.2, 0.25) is 0 Å². The molecule has 0 saturated heterocycles. The summed E-state index contributed by atoms with van der Waals surface area (Å²) in [5.41, 5.74) is 2.49. The Labute approximate surface area is 136 Å². The number of ether oxygens (including phenoxy) is 1. The molecule has 8 heteroatoms. The number of halogens is 2. The maximum atomic E-state index is 11.3. The highest BCUT2D eigenvalue weighted by Crippen LogP contribution is 2.26. The van der Waals surface area contributed by atoms with Gasteiger partial charge in [-0.1, -0.05) is 0 Å². The van der Waals surface area contributed by atoms with Crippen molar-refractivity contribution in [3.63, 3.8) is 0 Å². The van der Waals surface area contributed by atoms with Crippen LogP contribution in [0.3, 0.4) is 0 Å². The van der Waals surface area contributed by atoms with Gasteiger partial charge >= 0.3 is 0 Å². The van der Waals surface area contributed by atoms with Crippen LogP contribution in [0.2, 0.25) is 0 Å². The van der Waals surface area contributed by atoms with Gasteiger partial charge in [0, 0.05) is 17.7 Å². The molecule has 0 aliphatic carbocycles. The van der Waals surface area contributed by atoms with E-state index in [1.165, 1.54) is 12.1 Å². The van der Waals surface area contributed by atoms with Crippen LogP contribution in [0.15, 0.2) is 27.6 Å². The van der Waals surface area contributed by atoms with Gasteiger partial charge in [-0.3, -0.25) is 4.68 Å². The van der Waals surface area contributed by atoms with Crippen LogP contribution in [0, 0.1) is 13.8 Å². The van der Waals surface area contributed by atoms with Gasteiger partial charge in [-0.05, 0) is 53.5 Å². The molecule has 1 aromatic heterocycles. The van der Waals surface area contributed by atoms with Gasteiger partial charge in [0.1, 0.15) is 12.4 Å². The first-order valence-electron chi connectivity index (χ1n) is 6.06. The molecule has 0 fully saturated rings. The van der Waals surface area contributed by atoms with Crippen molar-refractivity contribution in [2.24, 2.45) is 7.05 Å². The minimum atomic E-state index is -3.72. The Morgan fingerprint density at radius 2 is 2.05 bits per heavy atom. The van der Waals surface area contributed by atoms with Crippen molar-refractivity contribution in [1.82, 2.24) is 9.78 Å². The van der Waals surface area contributed by atoms with Gasteiger partial charge in [0.15, 0.2) is 0 Å². The zero-order valence-corrected chi connectivity index (χ0v) is 14.9. The minimum absolute atomic E-state index is 0.0616. The first-order chi connectivity index (χ1) is 9.70. The molecule has 0 aliphatic rings. The lowest BCUT2D eigenvalue weighted by Crippen LogP contribution is -2.04. The lowest BCUT2D eigenvalue weighted by molar-refractivity contribution is 0.292. The third-order valence-electron chi connectivity index (χ3n) is 3.05. The Bertz CT molecular complexity index is 787. The van der Waals surface area contributed by atoms with Crippen LogP contribution in [0.4, 0.5) is 0 Å². The fourth-order valence-corrected chi connectivity index (χ4v) is 3.20. The number of aromatic nitrogens is 2. The molecule has 2 rings (SSSR count). The Morgan fingerprint density at radius 3 is 2.52 bits per heavy atom. The maximum absolute atomic E-state index is 11.3. The third kappa shape index (κ3) is 3.59. The van der Waals surface area contributed by atoms with Gasteiger partial charge in [-0.2, -0.15) is 5.10 Å². The molecule has 1 aromatic carbocycles. The molecular weight excluding hydrogens is 380 g/mol. The topological polar surface area (TPSA) is 61.2 Å². The Morgan fingerprint density at radius 1 is 1.38 bits per heavy atom. The molecule has 1 heterocycles. The van der Waals surface area contributed by atoms with Crippen molar-refractivity contribution in [3.05, 3.63) is 39.6 Å². The summed E-state index contributed by atoms with van der Waals surface area (Å²) in [5.74, 6) is 0.602. The molecule has 0 amide bonds. The van der Waals surface area contributed by atoms with Crippen LogP contribution >= 0.6 is 26.6 Å². The summed E-state index contributed by atoms with van der Waals surface area (Å²) in [4.78, 5) is 0.0616. The Kier molecular flexibility index (Phi) is 4.65. The summed E-state index contributed by atoms with van der Waals surface area (Å²) < 4.78 is 30.9. The van der Waals surface area contributed by atoms with E-state index in [-0.39, 0.29) is 4.90 Å². The molecule has 0 aliphatic heterocycles. The quantitative estimate of drug-likeness (QED) is 0.748. The lowest BCUT2D eigenvalue weighted by Gasteiger charge is -2.10. The number of hydrogen-bond acceptors (Lipinski definition) is 4. The average molecular weight is 394 g/mol. The fourth-order valence-electron chi connectivity index (χ4n) is 1.92. The summed E-state index contributed by atoms with van der Waals surface area (Å²) in [6, 6.07) is 4.51. The van der Waals surface area contributed by atoms with Gasteiger partial charge in [0.05, 0.1) is 20.8 Å². The molecular formula is C13H14BrClN2O3S. The van der Waals surface area contributed by atoms with Gasteiger partial charge < -0.3 is 4.74 Å². The number of benzene rings is 1. The predicted molar refractivity (Wildman–Crippen MR) is 84.2 cm³/mol. The highest BCUT2D eigenvalue weighted by molar-refractivity contribution is 9.10. The fraction of sp³-hybridized carbons (Fsp3) is 0.308. The van der Waals surface area contributed by atoms with Crippen molar-refractivity contribution < 1.29 is 13.2 Å². The summed E-state index contributed by atoms with van der Waals surface area (Å²) in [5, 5.41) is 4.28. The zero-order chi connectivity index (χ0) is 15.8. The van der Waals surface area contributed by atoms with Crippen LogP contribution in [-0.4, -0.2) is 18.2 Å². The second-order valence-corrected chi connectivity index (χ2v) is 7.98. The van der Waals surface area contributed by atoms with E-state index >= 15 is 0 Å². The smallest absolute Gasteiger partial charge is 0.261 e. The lowest BCUT2D eigenvalue weighted by atomic mass is 10.2. The Hall–Kier alpha value is -1.05. The van der Waals surface area contributed by atoms with Gasteiger partial charge in [-0.25, -0.2) is 8.42 Å². The van der Waals surface area contributed by atoms with Crippen molar-refractivity contribution in [3.8, 4) is 5.75 Å². The SMILES string of the molecule is Cc1cc(S(=O)(=O)Cl)ccc1OCc1c(Br)c(C)nn1C. The summed E-state index contributed by atoms with van der Waals surface area (Å²) in [7, 11) is 3.43. The second kappa shape index (κ2) is 5.98. The number of hydrogen-bond donors (Lipinski definition) is 0. The van der Waals surface area contributed by atoms with Gasteiger partial charge in [-0.15, -0.1) is 0 Å². The number of aryl methyl sites for hydroxylation is 3. The van der Waals surface area contributed by atoms with Gasteiger partial charge in [0.25, 0.3) is 9.05 Å². The first kappa shape index (κ1) is 16.3. The van der Waals surface area contributed by atoms with E-state index in [1.54, 1.807) is 17.7 Å². The van der Waals surface area contributed by atoms with E-state index < -0.39 is 9.05 Å². The molecule has 5 nitrogen and oxygen atoms in total. The van der Waals surface area contributed by atoms with Crippen LogP contribution in [-0.2, 0) is 22.7 Å². The van der Waals surface area contributed by atoms with Crippen LogP contribution in [0.25, 0.3) is 0 Å². The second-order valence-electron chi connectivity index (χ2n) is 4.62. The number of nitrogens with zero attached hydrogens (tertiary/aromatic N) is 2. The molecule has 0 atom stereocenters. The van der Waals surface area contributed by atoms with Crippen LogP contribution in [0.5, 0.6) is 5.75 Å². The van der Waals surface area contributed by atoms with E-state index in [4.69, 9.17) is 15.4 Å². The normalized spacial score (nSPS) is 11.7. The molecule has 0 radical (unpaired) electrons. The summed E-state index contributed by atoms with van der Waals surface area (Å²) in [6.45, 7) is 4.00. The van der Waals surface area contributed by atoms with E-state index in [1.807, 2.05) is 14.0 Å². The largest absolute Gasteiger partial charge is 0.487 e. The van der Waals surface area contributed by atoms with E-state index in [2.05, 4.69) is 21.0 Å². The highest BCUT2D eigenvalue weighted by Gasteiger charge is 2.14.